The van der Waals surface area contributed by atoms with Crippen LogP contribution in [0.3, 0.4) is 0 Å². The highest BCUT2D eigenvalue weighted by Gasteiger charge is 2.38. The summed E-state index contributed by atoms with van der Waals surface area (Å²) in [5, 5.41) is 0. The number of fused-ring (bicyclic) bond motifs is 1. The Morgan fingerprint density at radius 2 is 1.65 bits per heavy atom. The van der Waals surface area contributed by atoms with Crippen molar-refractivity contribution in [3.8, 4) is 5.75 Å². The molecule has 1 aliphatic rings. The minimum Gasteiger partial charge on any atom is -0.487 e. The number of ketones is 2. The third kappa shape index (κ3) is 6.84. The van der Waals surface area contributed by atoms with Crippen molar-refractivity contribution in [1.29, 1.82) is 0 Å². The van der Waals surface area contributed by atoms with Gasteiger partial charge in [0, 0.05) is 53.3 Å². The van der Waals surface area contributed by atoms with Crippen LogP contribution >= 0.6 is 0 Å². The average Bonchev–Trinajstić information content (AvgIpc) is 3.34. The largest absolute Gasteiger partial charge is 0.487 e. The number of anilines is 1. The Bertz CT molecular complexity index is 1760. The van der Waals surface area contributed by atoms with E-state index in [1.54, 1.807) is 36.6 Å². The number of nitrogens with zero attached hydrogens (tertiary/aromatic N) is 3. The van der Waals surface area contributed by atoms with Crippen molar-refractivity contribution in [2.24, 2.45) is 10.8 Å². The lowest BCUT2D eigenvalue weighted by Gasteiger charge is -2.28. The summed E-state index contributed by atoms with van der Waals surface area (Å²) in [5.74, 6) is -0.284. The third-order valence-electron chi connectivity index (χ3n) is 8.33. The topological polar surface area (TPSA) is 99.4 Å². The molecule has 3 aromatic heterocycles. The fraction of sp³-hybridized carbons (Fsp3) is 0.405. The molecule has 0 bridgehead atoms. The summed E-state index contributed by atoms with van der Waals surface area (Å²) in [5.41, 5.74) is 3.16. The van der Waals surface area contributed by atoms with Gasteiger partial charge in [-0.05, 0) is 75.2 Å². The number of ether oxygens (including phenoxy) is 3. The predicted octanol–water partition coefficient (Wildman–Crippen LogP) is 6.26. The number of Topliss-reactive ketones (excluding diaryl/α,β-unsaturated/α-hetero) is 1. The number of methoxy groups -OCH3 is 1. The van der Waals surface area contributed by atoms with Crippen LogP contribution in [-0.4, -0.2) is 60.3 Å². The van der Waals surface area contributed by atoms with Crippen LogP contribution in [0.1, 0.15) is 78.0 Å². The Hall–Kier alpha value is -4.50. The van der Waals surface area contributed by atoms with E-state index >= 15 is 0 Å². The quantitative estimate of drug-likeness (QED) is 0.150. The first-order valence-electron chi connectivity index (χ1n) is 15.6. The summed E-state index contributed by atoms with van der Waals surface area (Å²) >= 11 is 0. The number of aryl methyl sites for hydroxylation is 1. The minimum absolute atomic E-state index is 0.120. The van der Waals surface area contributed by atoms with Crippen LogP contribution in [0.25, 0.3) is 5.52 Å². The predicted molar refractivity (Wildman–Crippen MR) is 177 cm³/mol. The van der Waals surface area contributed by atoms with Crippen molar-refractivity contribution in [3.63, 3.8) is 0 Å². The van der Waals surface area contributed by atoms with E-state index in [4.69, 9.17) is 14.2 Å². The lowest BCUT2D eigenvalue weighted by Crippen LogP contribution is -2.36. The molecule has 0 spiro atoms. The van der Waals surface area contributed by atoms with Gasteiger partial charge in [0.2, 0.25) is 5.78 Å². The maximum Gasteiger partial charge on any atom is 0.311 e. The number of rotatable bonds is 10. The molecule has 4 aromatic rings. The summed E-state index contributed by atoms with van der Waals surface area (Å²) in [6.45, 7) is 14.1. The highest BCUT2D eigenvalue weighted by Crippen LogP contribution is 2.37. The maximum atomic E-state index is 14.5. The van der Waals surface area contributed by atoms with Gasteiger partial charge in [0.25, 0.3) is 0 Å². The van der Waals surface area contributed by atoms with Gasteiger partial charge in [-0.2, -0.15) is 0 Å². The standard InChI is InChI=1S/C37H43N3O6/c1-24-9-8-10-26(38-24)23-46-28-15-16-40-30(21-28)31(34(42)36(2,3)4)29(22-37(5,6)35(43)44-7)32(40)33(41)25-11-13-27(14-12-25)39-17-19-45-20-18-39/h8-16,21H,17-20,22-23H2,1-7H3. The van der Waals surface area contributed by atoms with E-state index in [9.17, 15) is 14.4 Å². The van der Waals surface area contributed by atoms with Crippen molar-refractivity contribution in [2.45, 2.75) is 54.6 Å². The van der Waals surface area contributed by atoms with Crippen LogP contribution in [0, 0.1) is 17.8 Å². The van der Waals surface area contributed by atoms with Crippen molar-refractivity contribution < 1.29 is 28.6 Å². The summed E-state index contributed by atoms with van der Waals surface area (Å²) < 4.78 is 18.5. The molecule has 1 fully saturated rings. The Morgan fingerprint density at radius 1 is 0.957 bits per heavy atom. The summed E-state index contributed by atoms with van der Waals surface area (Å²) in [6, 6.07) is 16.8. The number of hydrogen-bond donors (Lipinski definition) is 0. The minimum atomic E-state index is -1.02. The number of morpholine rings is 1. The molecule has 0 atom stereocenters. The molecule has 0 unspecified atom stereocenters. The van der Waals surface area contributed by atoms with Crippen molar-refractivity contribution >= 4 is 28.7 Å². The van der Waals surface area contributed by atoms with Gasteiger partial charge in [-0.3, -0.25) is 19.4 Å². The van der Waals surface area contributed by atoms with Gasteiger partial charge in [-0.25, -0.2) is 0 Å². The van der Waals surface area contributed by atoms with E-state index in [1.165, 1.54) is 7.11 Å². The van der Waals surface area contributed by atoms with Crippen LogP contribution in [-0.2, 0) is 27.3 Å². The number of carbonyl (C=O) groups is 3. The van der Waals surface area contributed by atoms with E-state index in [-0.39, 0.29) is 24.6 Å². The van der Waals surface area contributed by atoms with Crippen LogP contribution in [0.15, 0.2) is 60.8 Å². The fourth-order valence-electron chi connectivity index (χ4n) is 5.83. The molecule has 5 rings (SSSR count). The second-order valence-electron chi connectivity index (χ2n) is 13.5. The highest BCUT2D eigenvalue weighted by atomic mass is 16.5. The number of benzene rings is 1. The normalized spacial score (nSPS) is 13.9. The molecule has 0 radical (unpaired) electrons. The zero-order valence-corrected chi connectivity index (χ0v) is 27.8. The molecule has 0 N–H and O–H groups in total. The Kier molecular flexibility index (Phi) is 9.35. The zero-order chi connectivity index (χ0) is 33.2. The molecule has 9 nitrogen and oxygen atoms in total. The summed E-state index contributed by atoms with van der Waals surface area (Å²) in [4.78, 5) is 48.4. The summed E-state index contributed by atoms with van der Waals surface area (Å²) in [7, 11) is 1.34. The smallest absolute Gasteiger partial charge is 0.311 e. The van der Waals surface area contributed by atoms with E-state index in [1.807, 2.05) is 70.2 Å². The number of pyridine rings is 2. The molecule has 1 saturated heterocycles. The molecule has 0 saturated carbocycles. The number of aromatic nitrogens is 2. The molecular formula is C37H43N3O6. The molecule has 1 aromatic carbocycles. The lowest BCUT2D eigenvalue weighted by molar-refractivity contribution is -0.150. The van der Waals surface area contributed by atoms with Gasteiger partial charge in [0.15, 0.2) is 5.78 Å². The van der Waals surface area contributed by atoms with E-state index in [0.29, 0.717) is 46.9 Å². The van der Waals surface area contributed by atoms with Crippen LogP contribution in [0.5, 0.6) is 5.75 Å². The number of esters is 1. The molecule has 0 aliphatic carbocycles. The summed E-state index contributed by atoms with van der Waals surface area (Å²) in [6.07, 6.45) is 1.88. The third-order valence-corrected chi connectivity index (χ3v) is 8.33. The first-order valence-corrected chi connectivity index (χ1v) is 15.6. The van der Waals surface area contributed by atoms with E-state index in [2.05, 4.69) is 9.88 Å². The molecule has 9 heteroatoms. The van der Waals surface area contributed by atoms with Gasteiger partial charge in [-0.15, -0.1) is 0 Å². The SMILES string of the molecule is COC(=O)C(C)(C)Cc1c(C(=O)C(C)(C)C)c2cc(OCc3cccc(C)n3)ccn2c1C(=O)c1ccc(N2CCOCC2)cc1. The van der Waals surface area contributed by atoms with Crippen molar-refractivity contribution in [3.05, 3.63) is 94.6 Å². The van der Waals surface area contributed by atoms with Gasteiger partial charge in [0.1, 0.15) is 12.4 Å². The monoisotopic (exact) mass is 625 g/mol. The molecule has 242 valence electrons. The number of carbonyl (C=O) groups excluding carboxylic acids is 3. The van der Waals surface area contributed by atoms with Crippen LogP contribution < -0.4 is 9.64 Å². The van der Waals surface area contributed by atoms with Gasteiger partial charge in [0.05, 0.1) is 42.6 Å². The van der Waals surface area contributed by atoms with Crippen LogP contribution in [0.4, 0.5) is 5.69 Å². The fourth-order valence-corrected chi connectivity index (χ4v) is 5.83. The molecule has 46 heavy (non-hydrogen) atoms. The van der Waals surface area contributed by atoms with Crippen molar-refractivity contribution in [2.75, 3.05) is 38.3 Å². The Labute approximate surface area is 270 Å². The Morgan fingerprint density at radius 3 is 2.28 bits per heavy atom. The molecule has 1 aliphatic heterocycles. The molecule has 4 heterocycles. The Balaban J connectivity index is 1.65. The highest BCUT2D eigenvalue weighted by molar-refractivity contribution is 6.15. The molecular weight excluding hydrogens is 582 g/mol. The van der Waals surface area contributed by atoms with Crippen molar-refractivity contribution in [1.82, 2.24) is 9.38 Å². The first kappa shape index (κ1) is 32.9. The average molecular weight is 626 g/mol. The second kappa shape index (κ2) is 13.1. The zero-order valence-electron chi connectivity index (χ0n) is 27.8. The molecule has 0 amide bonds. The lowest BCUT2D eigenvalue weighted by atomic mass is 9.79. The van der Waals surface area contributed by atoms with E-state index in [0.717, 1.165) is 30.2 Å². The van der Waals surface area contributed by atoms with Gasteiger partial charge in [-0.1, -0.05) is 26.8 Å². The van der Waals surface area contributed by atoms with Gasteiger partial charge >= 0.3 is 5.97 Å². The maximum absolute atomic E-state index is 14.5. The van der Waals surface area contributed by atoms with Gasteiger partial charge < -0.3 is 23.5 Å². The van der Waals surface area contributed by atoms with Crippen LogP contribution in [0.2, 0.25) is 0 Å². The number of hydrogen-bond acceptors (Lipinski definition) is 8. The second-order valence-corrected chi connectivity index (χ2v) is 13.5. The van der Waals surface area contributed by atoms with E-state index < -0.39 is 16.8 Å². The first-order chi connectivity index (χ1) is 21.8.